The van der Waals surface area contributed by atoms with E-state index in [-0.39, 0.29) is 5.69 Å². The standard InChI is InChI=1S/C29H26N2O3/c1-18-7-2-3-9-21(18)23-10-5-11-24-25(28(29(32)33)31-27(23)24)12-6-16-34-26-13-4-8-19-17-20(30)14-15-22(19)26/h2-5,7-11,13-15,17,31H,6,12,16,30H2,1H3,(H,32,33). The Morgan fingerprint density at radius 3 is 2.56 bits per heavy atom. The Labute approximate surface area is 197 Å². The fraction of sp³-hybridized carbons (Fsp3) is 0.138. The summed E-state index contributed by atoms with van der Waals surface area (Å²) in [4.78, 5) is 15.3. The fourth-order valence-electron chi connectivity index (χ4n) is 4.64. The number of aryl methyl sites for hydroxylation is 2. The first-order chi connectivity index (χ1) is 16.5. The van der Waals surface area contributed by atoms with Crippen molar-refractivity contribution in [3.63, 3.8) is 0 Å². The van der Waals surface area contributed by atoms with Gasteiger partial charge in [0.1, 0.15) is 11.4 Å². The fourth-order valence-corrected chi connectivity index (χ4v) is 4.64. The number of nitrogen functional groups attached to an aromatic ring is 1. The number of rotatable bonds is 7. The number of carboxylic acids is 1. The monoisotopic (exact) mass is 450 g/mol. The molecule has 0 amide bonds. The second kappa shape index (κ2) is 8.94. The second-order valence-corrected chi connectivity index (χ2v) is 8.52. The number of nitrogens with one attached hydrogen (secondary N) is 1. The third-order valence-electron chi connectivity index (χ3n) is 6.28. The maximum atomic E-state index is 12.1. The van der Waals surface area contributed by atoms with Gasteiger partial charge in [0.25, 0.3) is 0 Å². The highest BCUT2D eigenvalue weighted by Crippen LogP contribution is 2.34. The molecule has 4 aromatic carbocycles. The molecule has 0 saturated carbocycles. The Morgan fingerprint density at radius 1 is 0.941 bits per heavy atom. The van der Waals surface area contributed by atoms with Crippen LogP contribution in [0.1, 0.15) is 28.0 Å². The molecule has 1 heterocycles. The third kappa shape index (κ3) is 3.97. The minimum Gasteiger partial charge on any atom is -0.493 e. The van der Waals surface area contributed by atoms with Gasteiger partial charge in [0.05, 0.1) is 12.1 Å². The van der Waals surface area contributed by atoms with Crippen LogP contribution in [0.3, 0.4) is 0 Å². The molecule has 5 aromatic rings. The molecule has 170 valence electrons. The van der Waals surface area contributed by atoms with Gasteiger partial charge in [0, 0.05) is 22.0 Å². The molecule has 4 N–H and O–H groups in total. The highest BCUT2D eigenvalue weighted by Gasteiger charge is 2.19. The van der Waals surface area contributed by atoms with Gasteiger partial charge >= 0.3 is 5.97 Å². The Kier molecular flexibility index (Phi) is 5.68. The average Bonchev–Trinajstić information content (AvgIpc) is 3.21. The minimum absolute atomic E-state index is 0.247. The van der Waals surface area contributed by atoms with Crippen molar-refractivity contribution in [2.75, 3.05) is 12.3 Å². The zero-order valence-electron chi connectivity index (χ0n) is 19.0. The van der Waals surface area contributed by atoms with Crippen molar-refractivity contribution >= 4 is 33.3 Å². The number of carboxylic acid groups (broad SMARTS) is 1. The van der Waals surface area contributed by atoms with E-state index in [2.05, 4.69) is 24.0 Å². The van der Waals surface area contributed by atoms with Crippen molar-refractivity contribution in [1.29, 1.82) is 0 Å². The highest BCUT2D eigenvalue weighted by atomic mass is 16.5. The number of aromatic nitrogens is 1. The van der Waals surface area contributed by atoms with Gasteiger partial charge in [-0.3, -0.25) is 0 Å². The summed E-state index contributed by atoms with van der Waals surface area (Å²) in [5.74, 6) is -0.147. The number of H-pyrrole nitrogens is 1. The molecule has 0 unspecified atom stereocenters. The van der Waals surface area contributed by atoms with Crippen LogP contribution < -0.4 is 10.5 Å². The Morgan fingerprint density at radius 2 is 1.74 bits per heavy atom. The van der Waals surface area contributed by atoms with Crippen LogP contribution in [0.25, 0.3) is 32.8 Å². The Hall–Kier alpha value is -4.25. The number of fused-ring (bicyclic) bond motifs is 2. The Balaban J connectivity index is 1.41. The molecule has 0 spiro atoms. The SMILES string of the molecule is Cc1ccccc1-c1cccc2c(CCCOc3cccc4cc(N)ccc34)c(C(=O)O)[nH]c12. The number of carbonyl (C=O) groups is 1. The summed E-state index contributed by atoms with van der Waals surface area (Å²) in [7, 11) is 0. The van der Waals surface area contributed by atoms with E-state index in [1.54, 1.807) is 0 Å². The van der Waals surface area contributed by atoms with Crippen molar-refractivity contribution in [3.05, 3.63) is 95.7 Å². The number of para-hydroxylation sites is 1. The first kappa shape index (κ1) is 21.6. The predicted octanol–water partition coefficient (Wildman–Crippen LogP) is 6.59. The molecule has 5 heteroatoms. The topological polar surface area (TPSA) is 88.3 Å². The number of benzene rings is 4. The van der Waals surface area contributed by atoms with Gasteiger partial charge in [0.2, 0.25) is 0 Å². The summed E-state index contributed by atoms with van der Waals surface area (Å²) in [6.45, 7) is 2.54. The van der Waals surface area contributed by atoms with E-state index < -0.39 is 5.97 Å². The predicted molar refractivity (Wildman–Crippen MR) is 138 cm³/mol. The second-order valence-electron chi connectivity index (χ2n) is 8.52. The van der Waals surface area contributed by atoms with Crippen molar-refractivity contribution < 1.29 is 14.6 Å². The van der Waals surface area contributed by atoms with Crippen molar-refractivity contribution in [1.82, 2.24) is 4.98 Å². The van der Waals surface area contributed by atoms with E-state index in [0.717, 1.165) is 55.4 Å². The lowest BCUT2D eigenvalue weighted by molar-refractivity contribution is 0.0690. The third-order valence-corrected chi connectivity index (χ3v) is 6.28. The smallest absolute Gasteiger partial charge is 0.352 e. The number of ether oxygens (including phenoxy) is 1. The van der Waals surface area contributed by atoms with Crippen molar-refractivity contribution in [3.8, 4) is 16.9 Å². The molecule has 0 aliphatic heterocycles. The first-order valence-electron chi connectivity index (χ1n) is 11.4. The van der Waals surface area contributed by atoms with Crippen LogP contribution in [0, 0.1) is 6.92 Å². The molecule has 0 radical (unpaired) electrons. The van der Waals surface area contributed by atoms with E-state index in [9.17, 15) is 9.90 Å². The summed E-state index contributed by atoms with van der Waals surface area (Å²) in [5.41, 5.74) is 11.8. The molecule has 5 nitrogen and oxygen atoms in total. The van der Waals surface area contributed by atoms with E-state index >= 15 is 0 Å². The first-order valence-corrected chi connectivity index (χ1v) is 11.4. The molecule has 1 aromatic heterocycles. The zero-order chi connectivity index (χ0) is 23.7. The summed E-state index contributed by atoms with van der Waals surface area (Å²) < 4.78 is 6.08. The van der Waals surface area contributed by atoms with Crippen molar-refractivity contribution in [2.24, 2.45) is 0 Å². The molecule has 0 bridgehead atoms. The van der Waals surface area contributed by atoms with Gasteiger partial charge in [-0.05, 0) is 66.1 Å². The van der Waals surface area contributed by atoms with Gasteiger partial charge in [-0.2, -0.15) is 0 Å². The van der Waals surface area contributed by atoms with Gasteiger partial charge < -0.3 is 20.6 Å². The zero-order valence-corrected chi connectivity index (χ0v) is 19.0. The molecule has 0 saturated heterocycles. The van der Waals surface area contributed by atoms with Crippen molar-refractivity contribution in [2.45, 2.75) is 19.8 Å². The number of aromatic amines is 1. The summed E-state index contributed by atoms with van der Waals surface area (Å²) in [6, 6.07) is 25.8. The minimum atomic E-state index is -0.950. The maximum Gasteiger partial charge on any atom is 0.352 e. The molecule has 5 rings (SSSR count). The number of aromatic carboxylic acids is 1. The molecular formula is C29H26N2O3. The molecule has 0 aliphatic rings. The van der Waals surface area contributed by atoms with Gasteiger partial charge in [-0.15, -0.1) is 0 Å². The summed E-state index contributed by atoms with van der Waals surface area (Å²) >= 11 is 0. The van der Waals surface area contributed by atoms with Crippen LogP contribution >= 0.6 is 0 Å². The average molecular weight is 451 g/mol. The van der Waals surface area contributed by atoms with Crippen LogP contribution in [0.5, 0.6) is 5.75 Å². The molecule has 0 atom stereocenters. The van der Waals surface area contributed by atoms with Crippen LogP contribution in [0.4, 0.5) is 5.69 Å². The highest BCUT2D eigenvalue weighted by molar-refractivity contribution is 6.03. The van der Waals surface area contributed by atoms with Crippen LogP contribution in [0.15, 0.2) is 78.9 Å². The normalized spacial score (nSPS) is 11.2. The largest absolute Gasteiger partial charge is 0.493 e. The molecule has 34 heavy (non-hydrogen) atoms. The molecular weight excluding hydrogens is 424 g/mol. The lowest BCUT2D eigenvalue weighted by Crippen LogP contribution is -2.04. The van der Waals surface area contributed by atoms with Gasteiger partial charge in [0.15, 0.2) is 0 Å². The van der Waals surface area contributed by atoms with Crippen LogP contribution in [-0.2, 0) is 6.42 Å². The Bertz CT molecular complexity index is 1520. The maximum absolute atomic E-state index is 12.1. The van der Waals surface area contributed by atoms with Gasteiger partial charge in [-0.25, -0.2) is 4.79 Å². The number of hydrogen-bond donors (Lipinski definition) is 3. The van der Waals surface area contributed by atoms with Crippen LogP contribution in [-0.4, -0.2) is 22.7 Å². The lowest BCUT2D eigenvalue weighted by atomic mass is 9.97. The van der Waals surface area contributed by atoms with Crippen LogP contribution in [0.2, 0.25) is 0 Å². The van der Waals surface area contributed by atoms with E-state index in [0.29, 0.717) is 19.4 Å². The molecule has 0 fully saturated rings. The van der Waals surface area contributed by atoms with E-state index in [1.165, 1.54) is 0 Å². The lowest BCUT2D eigenvalue weighted by Gasteiger charge is -2.10. The van der Waals surface area contributed by atoms with E-state index in [4.69, 9.17) is 10.5 Å². The van der Waals surface area contributed by atoms with E-state index in [1.807, 2.05) is 66.7 Å². The molecule has 0 aliphatic carbocycles. The van der Waals surface area contributed by atoms with Gasteiger partial charge in [-0.1, -0.05) is 54.6 Å². The number of anilines is 1. The summed E-state index contributed by atoms with van der Waals surface area (Å²) in [6.07, 6.45) is 1.28. The number of nitrogens with two attached hydrogens (primary N) is 1. The quantitative estimate of drug-likeness (QED) is 0.193. The number of hydrogen-bond acceptors (Lipinski definition) is 3. The summed E-state index contributed by atoms with van der Waals surface area (Å²) in [5, 5.41) is 12.9.